The molecule has 10 heteroatoms. The Morgan fingerprint density at radius 1 is 1.00 bits per heavy atom. The molecule has 0 spiro atoms. The van der Waals surface area contributed by atoms with Crippen LogP contribution in [0.25, 0.3) is 0 Å². The molecule has 4 rings (SSSR count). The molecule has 1 N–H and O–H groups in total. The minimum atomic E-state index is -3.92. The number of sulfonamides is 1. The fraction of sp³-hybridized carbons (Fsp3) is 0.208. The molecule has 1 amide bonds. The number of amides is 1. The van der Waals surface area contributed by atoms with E-state index in [9.17, 15) is 17.6 Å². The molecule has 0 atom stereocenters. The molecule has 1 aliphatic heterocycles. The van der Waals surface area contributed by atoms with Crippen molar-refractivity contribution < 1.29 is 22.3 Å². The van der Waals surface area contributed by atoms with Gasteiger partial charge in [0.25, 0.3) is 5.91 Å². The van der Waals surface area contributed by atoms with Crippen LogP contribution in [0.15, 0.2) is 71.6 Å². The number of para-hydroxylation sites is 1. The number of nitrogens with one attached hydrogen (secondary N) is 1. The van der Waals surface area contributed by atoms with Crippen LogP contribution in [0.4, 0.5) is 15.8 Å². The Hall–Kier alpha value is -3.14. The summed E-state index contributed by atoms with van der Waals surface area (Å²) in [6.45, 7) is 1.59. The highest BCUT2D eigenvalue weighted by molar-refractivity contribution is 7.89. The number of halogens is 2. The number of rotatable bonds is 6. The molecule has 1 saturated heterocycles. The number of carbonyl (C=O) groups excluding carboxylic acids is 1. The average molecular weight is 504 g/mol. The molecule has 0 unspecified atom stereocenters. The monoisotopic (exact) mass is 503 g/mol. The largest absolute Gasteiger partial charge is 0.495 e. The molecule has 1 heterocycles. The number of piperazine rings is 1. The van der Waals surface area contributed by atoms with Crippen molar-refractivity contribution in [3.8, 4) is 5.75 Å². The maximum atomic E-state index is 14.5. The minimum Gasteiger partial charge on any atom is -0.495 e. The summed E-state index contributed by atoms with van der Waals surface area (Å²) < 4.78 is 47.5. The molecular weight excluding hydrogens is 481 g/mol. The van der Waals surface area contributed by atoms with Gasteiger partial charge in [-0.1, -0.05) is 29.8 Å². The summed E-state index contributed by atoms with van der Waals surface area (Å²) in [5.74, 6) is -1.33. The lowest BCUT2D eigenvalue weighted by atomic mass is 10.2. The summed E-state index contributed by atoms with van der Waals surface area (Å²) in [7, 11) is -2.50. The maximum Gasteiger partial charge on any atom is 0.258 e. The van der Waals surface area contributed by atoms with Gasteiger partial charge in [0, 0.05) is 36.9 Å². The van der Waals surface area contributed by atoms with Gasteiger partial charge in [-0.25, -0.2) is 12.8 Å². The van der Waals surface area contributed by atoms with Crippen LogP contribution in [0, 0.1) is 5.82 Å². The van der Waals surface area contributed by atoms with E-state index in [-0.39, 0.29) is 23.7 Å². The molecule has 7 nitrogen and oxygen atoms in total. The third-order valence-corrected chi connectivity index (χ3v) is 7.72. The second kappa shape index (κ2) is 10.0. The summed E-state index contributed by atoms with van der Waals surface area (Å²) in [4.78, 5) is 14.8. The Labute approximate surface area is 202 Å². The first-order valence-corrected chi connectivity index (χ1v) is 12.4. The van der Waals surface area contributed by atoms with Crippen LogP contribution in [0.3, 0.4) is 0 Å². The van der Waals surface area contributed by atoms with Gasteiger partial charge in [0.2, 0.25) is 10.0 Å². The van der Waals surface area contributed by atoms with Gasteiger partial charge in [0.15, 0.2) is 0 Å². The van der Waals surface area contributed by atoms with Gasteiger partial charge in [-0.2, -0.15) is 4.31 Å². The number of nitrogens with zero attached hydrogens (tertiary/aromatic N) is 2. The predicted octanol–water partition coefficient (Wildman–Crippen LogP) is 4.25. The van der Waals surface area contributed by atoms with Gasteiger partial charge in [0.05, 0.1) is 23.3 Å². The number of methoxy groups -OCH3 is 1. The van der Waals surface area contributed by atoms with Gasteiger partial charge < -0.3 is 15.0 Å². The minimum absolute atomic E-state index is 0.148. The summed E-state index contributed by atoms with van der Waals surface area (Å²) in [6.07, 6.45) is 0. The number of carbonyl (C=O) groups is 1. The molecule has 34 heavy (non-hydrogen) atoms. The third-order valence-electron chi connectivity index (χ3n) is 5.59. The zero-order chi connectivity index (χ0) is 24.3. The molecule has 0 saturated carbocycles. The number of ether oxygens (including phenoxy) is 1. The Bertz CT molecular complexity index is 1300. The second-order valence-electron chi connectivity index (χ2n) is 7.67. The molecule has 0 radical (unpaired) electrons. The van der Waals surface area contributed by atoms with Crippen LogP contribution in [0.1, 0.15) is 10.4 Å². The van der Waals surface area contributed by atoms with E-state index < -0.39 is 27.3 Å². The van der Waals surface area contributed by atoms with Crippen molar-refractivity contribution >= 4 is 38.9 Å². The number of anilines is 2. The first kappa shape index (κ1) is 24.0. The van der Waals surface area contributed by atoms with Crippen LogP contribution in [-0.4, -0.2) is 51.9 Å². The molecule has 0 aromatic heterocycles. The summed E-state index contributed by atoms with van der Waals surface area (Å²) in [6, 6.07) is 17.6. The standard InChI is InChI=1S/C24H23ClFN3O4S/c1-33-23-10-7-17(25)15-22(23)27-24(30)20-16-19(8-9-21(20)26)34(31,32)29-13-11-28(12-14-29)18-5-3-2-4-6-18/h2-10,15-16H,11-14H2,1H3,(H,27,30). The molecule has 3 aromatic carbocycles. The highest BCUT2D eigenvalue weighted by Gasteiger charge is 2.30. The Kier molecular flexibility index (Phi) is 7.06. The lowest BCUT2D eigenvalue weighted by molar-refractivity contribution is 0.102. The quantitative estimate of drug-likeness (QED) is 0.544. The number of hydrogen-bond donors (Lipinski definition) is 1. The van der Waals surface area contributed by atoms with Gasteiger partial charge >= 0.3 is 0 Å². The van der Waals surface area contributed by atoms with E-state index in [1.54, 1.807) is 12.1 Å². The van der Waals surface area contributed by atoms with Crippen molar-refractivity contribution in [2.45, 2.75) is 4.90 Å². The highest BCUT2D eigenvalue weighted by Crippen LogP contribution is 2.29. The van der Waals surface area contributed by atoms with Crippen LogP contribution in [0.5, 0.6) is 5.75 Å². The summed E-state index contributed by atoms with van der Waals surface area (Å²) in [5.41, 5.74) is 0.868. The fourth-order valence-corrected chi connectivity index (χ4v) is 5.40. The average Bonchev–Trinajstić information content (AvgIpc) is 2.85. The zero-order valence-electron chi connectivity index (χ0n) is 18.4. The second-order valence-corrected chi connectivity index (χ2v) is 10.0. The fourth-order valence-electron chi connectivity index (χ4n) is 3.78. The SMILES string of the molecule is COc1ccc(Cl)cc1NC(=O)c1cc(S(=O)(=O)N2CCN(c3ccccc3)CC2)ccc1F. The normalized spacial score (nSPS) is 14.6. The van der Waals surface area contributed by atoms with Gasteiger partial charge in [-0.15, -0.1) is 0 Å². The van der Waals surface area contributed by atoms with Crippen LogP contribution in [0.2, 0.25) is 5.02 Å². The molecule has 0 aliphatic carbocycles. The van der Waals surface area contributed by atoms with Crippen molar-refractivity contribution in [1.29, 1.82) is 0 Å². The van der Waals surface area contributed by atoms with E-state index in [0.29, 0.717) is 23.9 Å². The smallest absolute Gasteiger partial charge is 0.258 e. The highest BCUT2D eigenvalue weighted by atomic mass is 35.5. The number of benzene rings is 3. The Morgan fingerprint density at radius 2 is 1.71 bits per heavy atom. The van der Waals surface area contributed by atoms with Crippen LogP contribution in [-0.2, 0) is 10.0 Å². The third kappa shape index (κ3) is 5.01. The number of hydrogen-bond acceptors (Lipinski definition) is 5. The Balaban J connectivity index is 1.53. The molecule has 1 fully saturated rings. The van der Waals surface area contributed by atoms with E-state index in [4.69, 9.17) is 16.3 Å². The zero-order valence-corrected chi connectivity index (χ0v) is 19.9. The summed E-state index contributed by atoms with van der Waals surface area (Å²) in [5, 5.41) is 2.89. The van der Waals surface area contributed by atoms with E-state index in [2.05, 4.69) is 10.2 Å². The predicted molar refractivity (Wildman–Crippen MR) is 130 cm³/mol. The van der Waals surface area contributed by atoms with Crippen molar-refractivity contribution in [2.75, 3.05) is 43.5 Å². The first-order valence-electron chi connectivity index (χ1n) is 10.5. The first-order chi connectivity index (χ1) is 16.3. The molecule has 0 bridgehead atoms. The van der Waals surface area contributed by atoms with Gasteiger partial charge in [-0.05, 0) is 48.5 Å². The van der Waals surface area contributed by atoms with Crippen molar-refractivity contribution in [3.05, 3.63) is 83.1 Å². The summed E-state index contributed by atoms with van der Waals surface area (Å²) >= 11 is 5.99. The molecule has 178 valence electrons. The Morgan fingerprint density at radius 3 is 2.38 bits per heavy atom. The molecule has 3 aromatic rings. The van der Waals surface area contributed by atoms with Crippen molar-refractivity contribution in [3.63, 3.8) is 0 Å². The van der Waals surface area contributed by atoms with E-state index in [1.807, 2.05) is 30.3 Å². The maximum absolute atomic E-state index is 14.5. The lowest BCUT2D eigenvalue weighted by Crippen LogP contribution is -2.48. The topological polar surface area (TPSA) is 78.9 Å². The van der Waals surface area contributed by atoms with Gasteiger partial charge in [0.1, 0.15) is 11.6 Å². The van der Waals surface area contributed by atoms with Gasteiger partial charge in [-0.3, -0.25) is 4.79 Å². The van der Waals surface area contributed by atoms with E-state index in [0.717, 1.165) is 17.8 Å². The van der Waals surface area contributed by atoms with Crippen molar-refractivity contribution in [2.24, 2.45) is 0 Å². The van der Waals surface area contributed by atoms with Crippen molar-refractivity contribution in [1.82, 2.24) is 4.31 Å². The van der Waals surface area contributed by atoms with Crippen LogP contribution >= 0.6 is 11.6 Å². The van der Waals surface area contributed by atoms with E-state index in [1.165, 1.54) is 23.5 Å². The van der Waals surface area contributed by atoms with E-state index >= 15 is 0 Å². The van der Waals surface area contributed by atoms with Crippen LogP contribution < -0.4 is 15.0 Å². The molecular formula is C24H23ClFN3O4S. The lowest BCUT2D eigenvalue weighted by Gasteiger charge is -2.35. The molecule has 1 aliphatic rings.